The number of carbonyl (C=O) groups is 1. The highest BCUT2D eigenvalue weighted by Crippen LogP contribution is 2.12. The fraction of sp³-hybridized carbons (Fsp3) is 0.533. The van der Waals surface area contributed by atoms with Gasteiger partial charge in [-0.3, -0.25) is 4.79 Å². The molecule has 0 saturated carbocycles. The largest absolute Gasteiger partial charge is 0.375 e. The number of nitrogens with zero attached hydrogens (tertiary/aromatic N) is 1. The van der Waals surface area contributed by atoms with Crippen molar-refractivity contribution in [1.29, 1.82) is 0 Å². The van der Waals surface area contributed by atoms with Crippen molar-refractivity contribution in [3.8, 4) is 0 Å². The van der Waals surface area contributed by atoms with Crippen LogP contribution in [0.5, 0.6) is 0 Å². The second-order valence-corrected chi connectivity index (χ2v) is 4.69. The molecule has 0 bridgehead atoms. The van der Waals surface area contributed by atoms with E-state index < -0.39 is 0 Å². The minimum Gasteiger partial charge on any atom is -0.375 e. The van der Waals surface area contributed by atoms with E-state index in [4.69, 9.17) is 4.74 Å². The van der Waals surface area contributed by atoms with Crippen molar-refractivity contribution >= 4 is 5.91 Å². The number of ether oxygens (including phenoxy) is 1. The van der Waals surface area contributed by atoms with Crippen LogP contribution in [-0.4, -0.2) is 37.6 Å². The Morgan fingerprint density at radius 3 is 2.44 bits per heavy atom. The van der Waals surface area contributed by atoms with Gasteiger partial charge in [0.05, 0.1) is 0 Å². The van der Waals surface area contributed by atoms with Crippen LogP contribution < -0.4 is 0 Å². The standard InChI is InChI=1S/C15H23NO2/c1-5-14(16(3)15(17)11-18-4)10-13-8-6-12(2)7-9-13/h6-9,14H,5,10-11H2,1-4H3. The average molecular weight is 249 g/mol. The number of amides is 1. The molecule has 0 aliphatic heterocycles. The van der Waals surface area contributed by atoms with E-state index >= 15 is 0 Å². The lowest BCUT2D eigenvalue weighted by atomic mass is 10.0. The van der Waals surface area contributed by atoms with E-state index in [1.165, 1.54) is 11.1 Å². The Hall–Kier alpha value is -1.35. The molecule has 1 aromatic rings. The molecule has 1 atom stereocenters. The van der Waals surface area contributed by atoms with Gasteiger partial charge in [0.2, 0.25) is 5.91 Å². The number of hydrogen-bond acceptors (Lipinski definition) is 2. The molecule has 0 heterocycles. The highest BCUT2D eigenvalue weighted by atomic mass is 16.5. The van der Waals surface area contributed by atoms with E-state index in [-0.39, 0.29) is 18.6 Å². The molecule has 1 aromatic carbocycles. The van der Waals surface area contributed by atoms with Crippen LogP contribution in [0.15, 0.2) is 24.3 Å². The molecule has 1 rings (SSSR count). The zero-order chi connectivity index (χ0) is 13.5. The molecule has 0 aromatic heterocycles. The summed E-state index contributed by atoms with van der Waals surface area (Å²) in [6, 6.07) is 8.72. The monoisotopic (exact) mass is 249 g/mol. The molecule has 3 heteroatoms. The van der Waals surface area contributed by atoms with Gasteiger partial charge in [0.25, 0.3) is 0 Å². The van der Waals surface area contributed by atoms with Crippen LogP contribution in [-0.2, 0) is 16.0 Å². The number of likely N-dealkylation sites (N-methyl/N-ethyl adjacent to an activating group) is 1. The average Bonchev–Trinajstić information content (AvgIpc) is 2.37. The summed E-state index contributed by atoms with van der Waals surface area (Å²) in [6.45, 7) is 4.34. The highest BCUT2D eigenvalue weighted by molar-refractivity contribution is 5.77. The summed E-state index contributed by atoms with van der Waals surface area (Å²) in [6.07, 6.45) is 1.84. The Kier molecular flexibility index (Phi) is 5.86. The maximum Gasteiger partial charge on any atom is 0.248 e. The normalized spacial score (nSPS) is 12.2. The fourth-order valence-electron chi connectivity index (χ4n) is 1.98. The molecular formula is C15H23NO2. The van der Waals surface area contributed by atoms with Crippen LogP contribution in [0.2, 0.25) is 0 Å². The minimum absolute atomic E-state index is 0.0384. The van der Waals surface area contributed by atoms with Crippen LogP contribution in [0.1, 0.15) is 24.5 Å². The zero-order valence-corrected chi connectivity index (χ0v) is 11.8. The van der Waals surface area contributed by atoms with Crippen LogP contribution in [0.25, 0.3) is 0 Å². The van der Waals surface area contributed by atoms with E-state index in [2.05, 4.69) is 38.1 Å². The molecule has 18 heavy (non-hydrogen) atoms. The molecule has 1 amide bonds. The van der Waals surface area contributed by atoms with Crippen molar-refractivity contribution in [1.82, 2.24) is 4.90 Å². The molecule has 0 radical (unpaired) electrons. The van der Waals surface area contributed by atoms with E-state index in [1.807, 2.05) is 7.05 Å². The van der Waals surface area contributed by atoms with Gasteiger partial charge >= 0.3 is 0 Å². The first-order valence-corrected chi connectivity index (χ1v) is 6.38. The Labute approximate surface area is 110 Å². The SMILES string of the molecule is CCC(Cc1ccc(C)cc1)N(C)C(=O)COC. The fourth-order valence-corrected chi connectivity index (χ4v) is 1.98. The summed E-state index contributed by atoms with van der Waals surface area (Å²) in [5, 5.41) is 0. The summed E-state index contributed by atoms with van der Waals surface area (Å²) in [5.41, 5.74) is 2.53. The lowest BCUT2D eigenvalue weighted by molar-refractivity contribution is -0.135. The Morgan fingerprint density at radius 2 is 1.94 bits per heavy atom. The molecule has 0 spiro atoms. The van der Waals surface area contributed by atoms with Crippen molar-refractivity contribution in [2.24, 2.45) is 0 Å². The molecule has 0 aliphatic carbocycles. The molecule has 3 nitrogen and oxygen atoms in total. The third kappa shape index (κ3) is 4.15. The summed E-state index contributed by atoms with van der Waals surface area (Å²) >= 11 is 0. The Bertz CT molecular complexity index is 373. The summed E-state index contributed by atoms with van der Waals surface area (Å²) in [4.78, 5) is 13.6. The Balaban J connectivity index is 2.66. The molecule has 100 valence electrons. The maximum atomic E-state index is 11.8. The van der Waals surface area contributed by atoms with Crippen molar-refractivity contribution < 1.29 is 9.53 Å². The number of aryl methyl sites for hydroxylation is 1. The predicted molar refractivity (Wildman–Crippen MR) is 73.6 cm³/mol. The first-order chi connectivity index (χ1) is 8.58. The van der Waals surface area contributed by atoms with Crippen LogP contribution in [0, 0.1) is 6.92 Å². The van der Waals surface area contributed by atoms with Gasteiger partial charge in [-0.1, -0.05) is 36.8 Å². The van der Waals surface area contributed by atoms with Crippen LogP contribution in [0.3, 0.4) is 0 Å². The lowest BCUT2D eigenvalue weighted by Crippen LogP contribution is -2.40. The highest BCUT2D eigenvalue weighted by Gasteiger charge is 2.18. The van der Waals surface area contributed by atoms with Gasteiger partial charge in [0.1, 0.15) is 6.61 Å². The van der Waals surface area contributed by atoms with Crippen LogP contribution >= 0.6 is 0 Å². The lowest BCUT2D eigenvalue weighted by Gasteiger charge is -2.27. The molecular weight excluding hydrogens is 226 g/mol. The van der Waals surface area contributed by atoms with Gasteiger partial charge in [-0.2, -0.15) is 0 Å². The molecule has 0 N–H and O–H groups in total. The molecule has 0 aliphatic rings. The van der Waals surface area contributed by atoms with E-state index in [9.17, 15) is 4.79 Å². The minimum atomic E-state index is 0.0384. The van der Waals surface area contributed by atoms with Crippen LogP contribution in [0.4, 0.5) is 0 Å². The van der Waals surface area contributed by atoms with E-state index in [0.717, 1.165) is 12.8 Å². The van der Waals surface area contributed by atoms with Crippen molar-refractivity contribution in [3.05, 3.63) is 35.4 Å². The first kappa shape index (κ1) is 14.7. The third-order valence-corrected chi connectivity index (χ3v) is 3.27. The van der Waals surface area contributed by atoms with Gasteiger partial charge in [-0.15, -0.1) is 0 Å². The maximum absolute atomic E-state index is 11.8. The second kappa shape index (κ2) is 7.17. The zero-order valence-electron chi connectivity index (χ0n) is 11.8. The van der Waals surface area contributed by atoms with Gasteiger partial charge < -0.3 is 9.64 Å². The van der Waals surface area contributed by atoms with Crippen molar-refractivity contribution in [2.45, 2.75) is 32.7 Å². The number of benzene rings is 1. The quantitative estimate of drug-likeness (QED) is 0.775. The van der Waals surface area contributed by atoms with Gasteiger partial charge in [-0.25, -0.2) is 0 Å². The molecule has 1 unspecified atom stereocenters. The Morgan fingerprint density at radius 1 is 1.33 bits per heavy atom. The smallest absolute Gasteiger partial charge is 0.248 e. The first-order valence-electron chi connectivity index (χ1n) is 6.38. The van der Waals surface area contributed by atoms with Gasteiger partial charge in [0, 0.05) is 20.2 Å². The third-order valence-electron chi connectivity index (χ3n) is 3.27. The summed E-state index contributed by atoms with van der Waals surface area (Å²) < 4.78 is 4.89. The topological polar surface area (TPSA) is 29.5 Å². The molecule has 0 saturated heterocycles. The van der Waals surface area contributed by atoms with E-state index in [0.29, 0.717) is 0 Å². The van der Waals surface area contributed by atoms with E-state index in [1.54, 1.807) is 12.0 Å². The van der Waals surface area contributed by atoms with Crippen molar-refractivity contribution in [3.63, 3.8) is 0 Å². The summed E-state index contributed by atoms with van der Waals surface area (Å²) in [5.74, 6) is 0.0384. The second-order valence-electron chi connectivity index (χ2n) is 4.69. The molecule has 0 fully saturated rings. The van der Waals surface area contributed by atoms with Gasteiger partial charge in [-0.05, 0) is 25.3 Å². The number of hydrogen-bond donors (Lipinski definition) is 0. The summed E-state index contributed by atoms with van der Waals surface area (Å²) in [7, 11) is 3.40. The van der Waals surface area contributed by atoms with Crippen molar-refractivity contribution in [2.75, 3.05) is 20.8 Å². The predicted octanol–water partition coefficient (Wildman–Crippen LogP) is 2.42. The number of methoxy groups -OCH3 is 1. The number of carbonyl (C=O) groups excluding carboxylic acids is 1. The van der Waals surface area contributed by atoms with Gasteiger partial charge in [0.15, 0.2) is 0 Å². The number of rotatable bonds is 6.